The van der Waals surface area contributed by atoms with Gasteiger partial charge >= 0.3 is 5.97 Å². The molecule has 106 valence electrons. The highest BCUT2D eigenvalue weighted by molar-refractivity contribution is 5.75. The largest absolute Gasteiger partial charge is 0.481 e. The van der Waals surface area contributed by atoms with E-state index in [2.05, 4.69) is 25.7 Å². The molecule has 0 aromatic rings. The summed E-state index contributed by atoms with van der Waals surface area (Å²) in [5, 5.41) is 9.39. The number of methoxy groups -OCH3 is 1. The lowest BCUT2D eigenvalue weighted by atomic mass is 9.84. The molecule has 0 aromatic heterocycles. The van der Waals surface area contributed by atoms with Crippen LogP contribution in [0.5, 0.6) is 0 Å². The second-order valence-corrected chi connectivity index (χ2v) is 6.18. The molecule has 0 spiro atoms. The summed E-state index contributed by atoms with van der Waals surface area (Å²) in [5.41, 5.74) is -0.689. The maximum atomic E-state index is 11.4. The lowest BCUT2D eigenvalue weighted by Gasteiger charge is -2.33. The van der Waals surface area contributed by atoms with E-state index in [1.54, 1.807) is 7.11 Å². The van der Waals surface area contributed by atoms with Crippen LogP contribution in [0.15, 0.2) is 0 Å². The van der Waals surface area contributed by atoms with Crippen LogP contribution in [0.3, 0.4) is 0 Å². The van der Waals surface area contributed by atoms with Crippen molar-refractivity contribution in [3.8, 4) is 0 Å². The number of hydrogen-bond donors (Lipinski definition) is 1. The van der Waals surface area contributed by atoms with Crippen molar-refractivity contribution in [2.24, 2.45) is 5.41 Å². The van der Waals surface area contributed by atoms with Gasteiger partial charge in [-0.05, 0) is 46.6 Å². The van der Waals surface area contributed by atoms with Gasteiger partial charge in [-0.25, -0.2) is 0 Å². The molecule has 1 rings (SSSR count). The summed E-state index contributed by atoms with van der Waals surface area (Å²) in [4.78, 5) is 13.7. The number of aliphatic carboxylic acids is 1. The van der Waals surface area contributed by atoms with Crippen LogP contribution < -0.4 is 0 Å². The number of carbonyl (C=O) groups is 1. The normalized spacial score (nSPS) is 27.4. The molecule has 0 saturated carbocycles. The van der Waals surface area contributed by atoms with Crippen molar-refractivity contribution in [1.29, 1.82) is 0 Å². The van der Waals surface area contributed by atoms with E-state index in [4.69, 9.17) is 4.74 Å². The van der Waals surface area contributed by atoms with Crippen LogP contribution in [0.25, 0.3) is 0 Å². The molecule has 0 radical (unpaired) electrons. The zero-order chi connectivity index (χ0) is 14.0. The Morgan fingerprint density at radius 2 is 2.17 bits per heavy atom. The molecule has 1 aliphatic rings. The Morgan fingerprint density at radius 1 is 1.56 bits per heavy atom. The molecule has 1 fully saturated rings. The van der Waals surface area contributed by atoms with Gasteiger partial charge in [0.2, 0.25) is 0 Å². The first kappa shape index (κ1) is 15.4. The average Bonchev–Trinajstić information content (AvgIpc) is 2.74. The molecule has 4 heteroatoms. The van der Waals surface area contributed by atoms with Crippen LogP contribution in [-0.2, 0) is 9.53 Å². The monoisotopic (exact) mass is 257 g/mol. The molecule has 4 nitrogen and oxygen atoms in total. The molecule has 2 unspecified atom stereocenters. The predicted molar refractivity (Wildman–Crippen MR) is 71.7 cm³/mol. The fraction of sp³-hybridized carbons (Fsp3) is 0.929. The molecule has 1 aliphatic heterocycles. The molecule has 2 atom stereocenters. The van der Waals surface area contributed by atoms with Gasteiger partial charge in [0.1, 0.15) is 0 Å². The summed E-state index contributed by atoms with van der Waals surface area (Å²) in [6.45, 7) is 9.82. The zero-order valence-corrected chi connectivity index (χ0v) is 12.3. The average molecular weight is 257 g/mol. The lowest BCUT2D eigenvalue weighted by Crippen LogP contribution is -2.41. The lowest BCUT2D eigenvalue weighted by molar-refractivity contribution is -0.148. The van der Waals surface area contributed by atoms with E-state index < -0.39 is 11.4 Å². The van der Waals surface area contributed by atoms with Gasteiger partial charge in [-0.1, -0.05) is 6.92 Å². The van der Waals surface area contributed by atoms with Crippen LogP contribution in [0, 0.1) is 5.41 Å². The number of rotatable bonds is 6. The van der Waals surface area contributed by atoms with E-state index in [0.717, 1.165) is 19.4 Å². The van der Waals surface area contributed by atoms with E-state index >= 15 is 0 Å². The van der Waals surface area contributed by atoms with Crippen molar-refractivity contribution >= 4 is 5.97 Å². The first-order valence-electron chi connectivity index (χ1n) is 6.79. The van der Waals surface area contributed by atoms with E-state index in [1.165, 1.54) is 0 Å². The molecule has 0 bridgehead atoms. The third kappa shape index (κ3) is 3.23. The standard InChI is InChI=1S/C14H27NO3/c1-6-14(12(16)17)7-8-15(10-14)11(2)9-13(3,4)18-5/h11H,6-10H2,1-5H3,(H,16,17). The van der Waals surface area contributed by atoms with Crippen molar-refractivity contribution in [2.45, 2.75) is 58.6 Å². The SMILES string of the molecule is CCC1(C(=O)O)CCN(C(C)CC(C)(C)OC)C1. The summed E-state index contributed by atoms with van der Waals surface area (Å²) >= 11 is 0. The van der Waals surface area contributed by atoms with Crippen LogP contribution in [0.4, 0.5) is 0 Å². The molecule has 1 saturated heterocycles. The Morgan fingerprint density at radius 3 is 2.56 bits per heavy atom. The maximum absolute atomic E-state index is 11.4. The molecular weight excluding hydrogens is 230 g/mol. The van der Waals surface area contributed by atoms with Gasteiger partial charge in [0, 0.05) is 19.7 Å². The van der Waals surface area contributed by atoms with E-state index in [9.17, 15) is 9.90 Å². The predicted octanol–water partition coefficient (Wildman–Crippen LogP) is 2.38. The number of carboxylic acids is 1. The maximum Gasteiger partial charge on any atom is 0.310 e. The highest BCUT2D eigenvalue weighted by atomic mass is 16.5. The van der Waals surface area contributed by atoms with Crippen molar-refractivity contribution in [3.05, 3.63) is 0 Å². The number of likely N-dealkylation sites (tertiary alicyclic amines) is 1. The number of nitrogens with zero attached hydrogens (tertiary/aromatic N) is 1. The van der Waals surface area contributed by atoms with E-state index in [-0.39, 0.29) is 5.60 Å². The Kier molecular flexibility index (Phi) is 4.78. The minimum atomic E-state index is -0.647. The summed E-state index contributed by atoms with van der Waals surface area (Å²) in [7, 11) is 1.73. The highest BCUT2D eigenvalue weighted by Gasteiger charge is 2.44. The molecule has 1 heterocycles. The third-order valence-electron chi connectivity index (χ3n) is 4.48. The second-order valence-electron chi connectivity index (χ2n) is 6.18. The minimum absolute atomic E-state index is 0.153. The van der Waals surface area contributed by atoms with Gasteiger partial charge in [-0.15, -0.1) is 0 Å². The van der Waals surface area contributed by atoms with E-state index in [1.807, 2.05) is 6.92 Å². The number of hydrogen-bond acceptors (Lipinski definition) is 3. The van der Waals surface area contributed by atoms with Gasteiger partial charge in [0.25, 0.3) is 0 Å². The smallest absolute Gasteiger partial charge is 0.310 e. The number of carboxylic acid groups (broad SMARTS) is 1. The summed E-state index contributed by atoms with van der Waals surface area (Å²) < 4.78 is 5.45. The van der Waals surface area contributed by atoms with Gasteiger partial charge in [-0.3, -0.25) is 9.69 Å². The van der Waals surface area contributed by atoms with E-state index in [0.29, 0.717) is 19.0 Å². The molecule has 0 aliphatic carbocycles. The van der Waals surface area contributed by atoms with Crippen molar-refractivity contribution < 1.29 is 14.6 Å². The molecule has 1 N–H and O–H groups in total. The first-order chi connectivity index (χ1) is 8.26. The fourth-order valence-electron chi connectivity index (χ4n) is 2.82. The first-order valence-corrected chi connectivity index (χ1v) is 6.79. The van der Waals surface area contributed by atoms with Crippen LogP contribution >= 0.6 is 0 Å². The molecule has 0 aromatic carbocycles. The second kappa shape index (κ2) is 5.57. The number of ether oxygens (including phenoxy) is 1. The highest BCUT2D eigenvalue weighted by Crippen LogP contribution is 2.36. The van der Waals surface area contributed by atoms with Gasteiger partial charge in [0.15, 0.2) is 0 Å². The Bertz CT molecular complexity index is 303. The van der Waals surface area contributed by atoms with Crippen molar-refractivity contribution in [1.82, 2.24) is 4.90 Å². The fourth-order valence-corrected chi connectivity index (χ4v) is 2.82. The zero-order valence-electron chi connectivity index (χ0n) is 12.3. The Balaban J connectivity index is 2.64. The summed E-state index contributed by atoms with van der Waals surface area (Å²) in [6, 6.07) is 0.354. The van der Waals surface area contributed by atoms with Gasteiger partial charge < -0.3 is 9.84 Å². The molecule has 0 amide bonds. The molecule has 18 heavy (non-hydrogen) atoms. The van der Waals surface area contributed by atoms with Crippen LogP contribution in [0.2, 0.25) is 0 Å². The van der Waals surface area contributed by atoms with Crippen molar-refractivity contribution in [3.63, 3.8) is 0 Å². The molecular formula is C14H27NO3. The Hall–Kier alpha value is -0.610. The van der Waals surface area contributed by atoms with Crippen LogP contribution in [-0.4, -0.2) is 47.8 Å². The quantitative estimate of drug-likeness (QED) is 0.793. The Labute approximate surface area is 110 Å². The van der Waals surface area contributed by atoms with Gasteiger partial charge in [-0.2, -0.15) is 0 Å². The van der Waals surface area contributed by atoms with Crippen LogP contribution in [0.1, 0.15) is 47.0 Å². The van der Waals surface area contributed by atoms with Gasteiger partial charge in [0.05, 0.1) is 11.0 Å². The topological polar surface area (TPSA) is 49.8 Å². The summed E-state index contributed by atoms with van der Waals surface area (Å²) in [5.74, 6) is -0.647. The minimum Gasteiger partial charge on any atom is -0.481 e. The summed E-state index contributed by atoms with van der Waals surface area (Å²) in [6.07, 6.45) is 2.39. The van der Waals surface area contributed by atoms with Crippen molar-refractivity contribution in [2.75, 3.05) is 20.2 Å². The third-order valence-corrected chi connectivity index (χ3v) is 4.48.